The molecule has 0 fully saturated rings. The Bertz CT molecular complexity index is 539. The third-order valence-electron chi connectivity index (χ3n) is 2.03. The summed E-state index contributed by atoms with van der Waals surface area (Å²) in [6.07, 6.45) is 0.735. The van der Waals surface area contributed by atoms with Crippen LogP contribution < -0.4 is 4.74 Å². The summed E-state index contributed by atoms with van der Waals surface area (Å²) in [6.45, 7) is 1.83. The first-order valence-corrected chi connectivity index (χ1v) is 5.65. The Morgan fingerprint density at radius 2 is 2.29 bits per heavy atom. The lowest BCUT2D eigenvalue weighted by atomic mass is 10.2. The van der Waals surface area contributed by atoms with Crippen molar-refractivity contribution < 1.29 is 13.9 Å². The molecule has 0 aliphatic heterocycles. The van der Waals surface area contributed by atoms with Crippen molar-refractivity contribution in [1.82, 2.24) is 10.2 Å². The molecule has 0 spiro atoms. The van der Waals surface area contributed by atoms with Crippen molar-refractivity contribution in [1.29, 1.82) is 0 Å². The predicted octanol–water partition coefficient (Wildman–Crippen LogP) is 2.53. The summed E-state index contributed by atoms with van der Waals surface area (Å²) >= 11 is 3.32. The number of carbonyl (C=O) groups is 1. The van der Waals surface area contributed by atoms with Gasteiger partial charge in [-0.15, -0.1) is 10.2 Å². The van der Waals surface area contributed by atoms with Gasteiger partial charge in [0.1, 0.15) is 5.75 Å². The van der Waals surface area contributed by atoms with Crippen LogP contribution >= 0.6 is 15.9 Å². The number of halogens is 1. The Kier molecular flexibility index (Phi) is 3.53. The first-order valence-electron chi connectivity index (χ1n) is 4.86. The van der Waals surface area contributed by atoms with E-state index >= 15 is 0 Å². The monoisotopic (exact) mass is 296 g/mol. The first kappa shape index (κ1) is 11.8. The Morgan fingerprint density at radius 3 is 2.94 bits per heavy atom. The molecule has 1 aromatic heterocycles. The minimum absolute atomic E-state index is 0.129. The number of aromatic nitrogens is 2. The van der Waals surface area contributed by atoms with Gasteiger partial charge < -0.3 is 9.15 Å². The van der Waals surface area contributed by atoms with E-state index in [9.17, 15) is 4.79 Å². The molecule has 0 aliphatic carbocycles. The molecule has 1 aromatic carbocycles. The standard InChI is InChI=1S/C11H9BrN2O3/c1-7-13-14-10(17-7)6-16-11-8(5-15)3-2-4-9(11)12/h2-5H,6H2,1H3. The normalized spacial score (nSPS) is 10.2. The Balaban J connectivity index is 2.16. The highest BCUT2D eigenvalue weighted by Gasteiger charge is 2.09. The molecule has 88 valence electrons. The van der Waals surface area contributed by atoms with Crippen LogP contribution in [0.5, 0.6) is 5.75 Å². The topological polar surface area (TPSA) is 65.2 Å². The van der Waals surface area contributed by atoms with E-state index in [1.165, 1.54) is 0 Å². The number of nitrogens with zero attached hydrogens (tertiary/aromatic N) is 2. The predicted molar refractivity (Wildman–Crippen MR) is 62.9 cm³/mol. The largest absolute Gasteiger partial charge is 0.482 e. The second-order valence-electron chi connectivity index (χ2n) is 3.28. The van der Waals surface area contributed by atoms with Crippen LogP contribution in [-0.2, 0) is 6.61 Å². The van der Waals surface area contributed by atoms with Crippen LogP contribution in [0.1, 0.15) is 22.1 Å². The molecule has 5 nitrogen and oxygen atoms in total. The summed E-state index contributed by atoms with van der Waals surface area (Å²) in [7, 11) is 0. The van der Waals surface area contributed by atoms with Gasteiger partial charge in [0, 0.05) is 6.92 Å². The van der Waals surface area contributed by atoms with Crippen molar-refractivity contribution >= 4 is 22.2 Å². The van der Waals surface area contributed by atoms with Crippen LogP contribution in [0.4, 0.5) is 0 Å². The molecule has 0 aliphatic rings. The summed E-state index contributed by atoms with van der Waals surface area (Å²) in [5.74, 6) is 1.32. The number of ether oxygens (including phenoxy) is 1. The van der Waals surface area contributed by atoms with Crippen molar-refractivity contribution in [3.63, 3.8) is 0 Å². The fraction of sp³-hybridized carbons (Fsp3) is 0.182. The maximum Gasteiger partial charge on any atom is 0.253 e. The third-order valence-corrected chi connectivity index (χ3v) is 2.66. The van der Waals surface area contributed by atoms with Crippen molar-refractivity contribution in [3.05, 3.63) is 40.0 Å². The van der Waals surface area contributed by atoms with Crippen LogP contribution in [0.2, 0.25) is 0 Å². The molecule has 0 bridgehead atoms. The SMILES string of the molecule is Cc1nnc(COc2c(Br)cccc2C=O)o1. The van der Waals surface area contributed by atoms with Gasteiger partial charge in [-0.1, -0.05) is 6.07 Å². The highest BCUT2D eigenvalue weighted by atomic mass is 79.9. The molecule has 0 saturated heterocycles. The van der Waals surface area contributed by atoms with E-state index in [2.05, 4.69) is 26.1 Å². The molecule has 0 amide bonds. The fourth-order valence-corrected chi connectivity index (χ4v) is 1.80. The van der Waals surface area contributed by atoms with E-state index in [1.807, 2.05) is 0 Å². The third kappa shape index (κ3) is 2.71. The highest BCUT2D eigenvalue weighted by molar-refractivity contribution is 9.10. The molecule has 0 atom stereocenters. The molecule has 2 aromatic rings. The molecule has 0 saturated carbocycles. The molecule has 0 radical (unpaired) electrons. The summed E-state index contributed by atoms with van der Waals surface area (Å²) in [4.78, 5) is 10.8. The second kappa shape index (κ2) is 5.09. The molecule has 17 heavy (non-hydrogen) atoms. The zero-order chi connectivity index (χ0) is 12.3. The van der Waals surface area contributed by atoms with Crippen LogP contribution in [0.3, 0.4) is 0 Å². The summed E-state index contributed by atoms with van der Waals surface area (Å²) in [5, 5.41) is 7.49. The van der Waals surface area contributed by atoms with E-state index in [0.29, 0.717) is 27.6 Å². The molecule has 0 N–H and O–H groups in total. The summed E-state index contributed by atoms with van der Waals surface area (Å²) in [5.41, 5.74) is 0.468. The van der Waals surface area contributed by atoms with Gasteiger partial charge in [0.2, 0.25) is 5.89 Å². The maximum absolute atomic E-state index is 10.8. The lowest BCUT2D eigenvalue weighted by molar-refractivity contribution is 0.111. The van der Waals surface area contributed by atoms with Crippen molar-refractivity contribution in [2.24, 2.45) is 0 Å². The van der Waals surface area contributed by atoms with Crippen LogP contribution in [0, 0.1) is 6.92 Å². The number of carbonyl (C=O) groups excluding carboxylic acids is 1. The number of aryl methyl sites for hydroxylation is 1. The maximum atomic E-state index is 10.8. The van der Waals surface area contributed by atoms with Gasteiger partial charge in [0.05, 0.1) is 10.0 Å². The minimum atomic E-state index is 0.129. The molecular formula is C11H9BrN2O3. The Hall–Kier alpha value is -1.69. The van der Waals surface area contributed by atoms with Gasteiger partial charge in [-0.2, -0.15) is 0 Å². The summed E-state index contributed by atoms with van der Waals surface area (Å²) in [6, 6.07) is 5.23. The van der Waals surface area contributed by atoms with Gasteiger partial charge in [-0.05, 0) is 28.1 Å². The number of aldehydes is 1. The Labute approximate surface area is 106 Å². The van der Waals surface area contributed by atoms with Crippen LogP contribution in [-0.4, -0.2) is 16.5 Å². The van der Waals surface area contributed by atoms with Gasteiger partial charge >= 0.3 is 0 Å². The average Bonchev–Trinajstić information content (AvgIpc) is 2.73. The fourth-order valence-electron chi connectivity index (χ4n) is 1.30. The van der Waals surface area contributed by atoms with E-state index < -0.39 is 0 Å². The minimum Gasteiger partial charge on any atom is -0.482 e. The molecule has 6 heteroatoms. The summed E-state index contributed by atoms with van der Waals surface area (Å²) < 4.78 is 11.4. The number of rotatable bonds is 4. The van der Waals surface area contributed by atoms with Crippen LogP contribution in [0.15, 0.2) is 27.1 Å². The molecule has 1 heterocycles. The van der Waals surface area contributed by atoms with Gasteiger partial charge in [-0.3, -0.25) is 4.79 Å². The van der Waals surface area contributed by atoms with Crippen molar-refractivity contribution in [3.8, 4) is 5.75 Å². The van der Waals surface area contributed by atoms with Crippen molar-refractivity contribution in [2.45, 2.75) is 13.5 Å². The zero-order valence-electron chi connectivity index (χ0n) is 9.01. The van der Waals surface area contributed by atoms with Gasteiger partial charge in [-0.25, -0.2) is 0 Å². The smallest absolute Gasteiger partial charge is 0.253 e. The average molecular weight is 297 g/mol. The number of para-hydroxylation sites is 1. The highest BCUT2D eigenvalue weighted by Crippen LogP contribution is 2.28. The van der Waals surface area contributed by atoms with E-state index in [1.54, 1.807) is 25.1 Å². The zero-order valence-corrected chi connectivity index (χ0v) is 10.6. The molecule has 2 rings (SSSR count). The van der Waals surface area contributed by atoms with Gasteiger partial charge in [0.25, 0.3) is 5.89 Å². The Morgan fingerprint density at radius 1 is 1.47 bits per heavy atom. The molecular weight excluding hydrogens is 288 g/mol. The number of benzene rings is 1. The van der Waals surface area contributed by atoms with Crippen molar-refractivity contribution in [2.75, 3.05) is 0 Å². The quantitative estimate of drug-likeness (QED) is 0.811. The van der Waals surface area contributed by atoms with Gasteiger partial charge in [0.15, 0.2) is 12.9 Å². The number of hydrogen-bond donors (Lipinski definition) is 0. The first-order chi connectivity index (χ1) is 8.20. The second-order valence-corrected chi connectivity index (χ2v) is 4.13. The van der Waals surface area contributed by atoms with Crippen LogP contribution in [0.25, 0.3) is 0 Å². The molecule has 0 unspecified atom stereocenters. The van der Waals surface area contributed by atoms with E-state index in [-0.39, 0.29) is 6.61 Å². The number of hydrogen-bond acceptors (Lipinski definition) is 5. The lowest BCUT2D eigenvalue weighted by Gasteiger charge is -2.07. The van der Waals surface area contributed by atoms with E-state index in [0.717, 1.165) is 6.29 Å². The van der Waals surface area contributed by atoms with E-state index in [4.69, 9.17) is 9.15 Å². The lowest BCUT2D eigenvalue weighted by Crippen LogP contribution is -1.99.